The molecule has 0 aliphatic carbocycles. The SMILES string of the molecule is C[C@H](NC(=O)[C@H]1CC(F)(F)CCN1CCOc1ccccc1)c1ccc(C(=O)O)cc1.Cl. The monoisotopic (exact) mass is 468 g/mol. The number of likely N-dealkylation sites (tertiary alicyclic amines) is 1. The Bertz CT molecular complexity index is 897. The predicted octanol–water partition coefficient (Wildman–Crippen LogP) is 4.16. The number of halogens is 3. The van der Waals surface area contributed by atoms with Crippen LogP contribution in [0.1, 0.15) is 41.7 Å². The second-order valence-corrected chi connectivity index (χ2v) is 7.68. The first-order valence-electron chi connectivity index (χ1n) is 10.2. The van der Waals surface area contributed by atoms with E-state index in [4.69, 9.17) is 9.84 Å². The Morgan fingerprint density at radius 2 is 1.84 bits per heavy atom. The smallest absolute Gasteiger partial charge is 0.335 e. The van der Waals surface area contributed by atoms with E-state index < -0.39 is 36.3 Å². The van der Waals surface area contributed by atoms with Crippen LogP contribution in [0, 0.1) is 0 Å². The number of carbonyl (C=O) groups excluding carboxylic acids is 1. The van der Waals surface area contributed by atoms with Gasteiger partial charge in [-0.2, -0.15) is 0 Å². The van der Waals surface area contributed by atoms with E-state index in [0.717, 1.165) is 0 Å². The Kier molecular flexibility index (Phi) is 8.98. The van der Waals surface area contributed by atoms with E-state index >= 15 is 0 Å². The number of alkyl halides is 2. The van der Waals surface area contributed by atoms with Crippen LogP contribution in [-0.4, -0.2) is 53.5 Å². The number of para-hydroxylation sites is 1. The molecule has 0 saturated carbocycles. The Morgan fingerprint density at radius 1 is 1.19 bits per heavy atom. The Morgan fingerprint density at radius 3 is 2.47 bits per heavy atom. The molecular weight excluding hydrogens is 442 g/mol. The zero-order chi connectivity index (χ0) is 22.4. The van der Waals surface area contributed by atoms with E-state index in [1.165, 1.54) is 12.1 Å². The number of amides is 1. The van der Waals surface area contributed by atoms with E-state index in [1.807, 2.05) is 30.3 Å². The molecule has 0 radical (unpaired) electrons. The molecule has 1 aliphatic rings. The fourth-order valence-electron chi connectivity index (χ4n) is 3.61. The highest BCUT2D eigenvalue weighted by Gasteiger charge is 2.43. The molecule has 32 heavy (non-hydrogen) atoms. The minimum Gasteiger partial charge on any atom is -0.492 e. The average molecular weight is 469 g/mol. The van der Waals surface area contributed by atoms with Crippen molar-refractivity contribution in [3.63, 3.8) is 0 Å². The lowest BCUT2D eigenvalue weighted by Gasteiger charge is -2.38. The van der Waals surface area contributed by atoms with Crippen LogP contribution in [0.3, 0.4) is 0 Å². The first-order valence-corrected chi connectivity index (χ1v) is 10.2. The maximum Gasteiger partial charge on any atom is 0.335 e. The van der Waals surface area contributed by atoms with Crippen LogP contribution in [0.25, 0.3) is 0 Å². The van der Waals surface area contributed by atoms with Crippen molar-refractivity contribution in [1.29, 1.82) is 0 Å². The van der Waals surface area contributed by atoms with Gasteiger partial charge in [0.1, 0.15) is 12.4 Å². The molecule has 1 amide bonds. The third-order valence-electron chi connectivity index (χ3n) is 5.41. The number of rotatable bonds is 8. The van der Waals surface area contributed by atoms with Crippen LogP contribution in [0.2, 0.25) is 0 Å². The van der Waals surface area contributed by atoms with Crippen LogP contribution in [0.15, 0.2) is 54.6 Å². The lowest BCUT2D eigenvalue weighted by atomic mass is 9.97. The van der Waals surface area contributed by atoms with Gasteiger partial charge in [0.25, 0.3) is 5.92 Å². The summed E-state index contributed by atoms with van der Waals surface area (Å²) >= 11 is 0. The van der Waals surface area contributed by atoms with Crippen molar-refractivity contribution in [3.05, 3.63) is 65.7 Å². The fraction of sp³-hybridized carbons (Fsp3) is 0.391. The summed E-state index contributed by atoms with van der Waals surface area (Å²) in [5.41, 5.74) is 0.832. The van der Waals surface area contributed by atoms with Gasteiger partial charge in [-0.05, 0) is 36.8 Å². The molecule has 1 saturated heterocycles. The van der Waals surface area contributed by atoms with Crippen molar-refractivity contribution >= 4 is 24.3 Å². The lowest BCUT2D eigenvalue weighted by molar-refractivity contribution is -0.138. The topological polar surface area (TPSA) is 78.9 Å². The van der Waals surface area contributed by atoms with Crippen LogP contribution < -0.4 is 10.1 Å². The molecule has 2 N–H and O–H groups in total. The van der Waals surface area contributed by atoms with Gasteiger partial charge in [0.05, 0.1) is 17.6 Å². The van der Waals surface area contributed by atoms with E-state index in [9.17, 15) is 18.4 Å². The molecule has 2 atom stereocenters. The fourth-order valence-corrected chi connectivity index (χ4v) is 3.61. The zero-order valence-corrected chi connectivity index (χ0v) is 18.5. The molecule has 9 heteroatoms. The van der Waals surface area contributed by atoms with Gasteiger partial charge in [0, 0.05) is 25.9 Å². The first-order chi connectivity index (χ1) is 14.7. The Balaban J connectivity index is 0.00000363. The number of benzene rings is 2. The number of hydrogen-bond acceptors (Lipinski definition) is 4. The van der Waals surface area contributed by atoms with Gasteiger partial charge < -0.3 is 15.2 Å². The molecule has 0 spiro atoms. The molecule has 1 heterocycles. The third-order valence-corrected chi connectivity index (χ3v) is 5.41. The van der Waals surface area contributed by atoms with E-state index in [-0.39, 0.29) is 37.5 Å². The molecule has 0 bridgehead atoms. The number of carboxylic acid groups (broad SMARTS) is 1. The predicted molar refractivity (Wildman–Crippen MR) is 119 cm³/mol. The lowest BCUT2D eigenvalue weighted by Crippen LogP contribution is -2.55. The van der Waals surface area contributed by atoms with Gasteiger partial charge in [-0.15, -0.1) is 12.4 Å². The molecule has 2 aromatic carbocycles. The summed E-state index contributed by atoms with van der Waals surface area (Å²) in [7, 11) is 0. The van der Waals surface area contributed by atoms with Crippen molar-refractivity contribution in [2.45, 2.75) is 37.8 Å². The zero-order valence-electron chi connectivity index (χ0n) is 17.7. The molecular formula is C23H27ClF2N2O4. The normalized spacial score (nSPS) is 18.8. The Hall–Kier alpha value is -2.71. The van der Waals surface area contributed by atoms with Gasteiger partial charge in [-0.25, -0.2) is 13.6 Å². The number of piperidine rings is 1. The summed E-state index contributed by atoms with van der Waals surface area (Å²) in [6.45, 7) is 2.47. The quantitative estimate of drug-likeness (QED) is 0.608. The van der Waals surface area contributed by atoms with E-state index in [0.29, 0.717) is 17.9 Å². The molecule has 3 rings (SSSR count). The van der Waals surface area contributed by atoms with Crippen molar-refractivity contribution in [3.8, 4) is 5.75 Å². The standard InChI is InChI=1S/C23H26F2N2O4.ClH/c1-16(17-7-9-18(10-8-17)22(29)30)26-21(28)20-15-23(24,25)11-12-27(20)13-14-31-19-5-3-2-4-6-19;/h2-10,16,20H,11-15H2,1H3,(H,26,28)(H,29,30);1H/t16-,20+;/m0./s1. The average Bonchev–Trinajstić information content (AvgIpc) is 2.75. The summed E-state index contributed by atoms with van der Waals surface area (Å²) in [5, 5.41) is 11.8. The summed E-state index contributed by atoms with van der Waals surface area (Å²) in [6, 6.07) is 13.9. The highest BCUT2D eigenvalue weighted by atomic mass is 35.5. The molecule has 0 aromatic heterocycles. The van der Waals surface area contributed by atoms with Crippen molar-refractivity contribution in [2.75, 3.05) is 19.7 Å². The third kappa shape index (κ3) is 6.90. The minimum atomic E-state index is -2.90. The molecule has 1 aliphatic heterocycles. The molecule has 174 valence electrons. The number of aromatic carboxylic acids is 1. The van der Waals surface area contributed by atoms with E-state index in [1.54, 1.807) is 24.0 Å². The van der Waals surface area contributed by atoms with Crippen LogP contribution in [0.4, 0.5) is 8.78 Å². The maximum absolute atomic E-state index is 14.1. The van der Waals surface area contributed by atoms with Gasteiger partial charge >= 0.3 is 5.97 Å². The Labute approximate surface area is 192 Å². The van der Waals surface area contributed by atoms with Crippen molar-refractivity contribution < 1.29 is 28.2 Å². The number of hydrogen-bond donors (Lipinski definition) is 2. The highest BCUT2D eigenvalue weighted by Crippen LogP contribution is 2.32. The second kappa shape index (κ2) is 11.2. The molecule has 6 nitrogen and oxygen atoms in total. The van der Waals surface area contributed by atoms with Gasteiger partial charge in [-0.3, -0.25) is 9.69 Å². The number of carboxylic acids is 1. The molecule has 2 aromatic rings. The summed E-state index contributed by atoms with van der Waals surface area (Å²) in [6.07, 6.45) is -0.844. The number of carbonyl (C=O) groups is 2. The van der Waals surface area contributed by atoms with Crippen LogP contribution in [-0.2, 0) is 4.79 Å². The number of nitrogens with zero attached hydrogens (tertiary/aromatic N) is 1. The largest absolute Gasteiger partial charge is 0.492 e. The maximum atomic E-state index is 14.1. The van der Waals surface area contributed by atoms with E-state index in [2.05, 4.69) is 5.32 Å². The van der Waals surface area contributed by atoms with Crippen molar-refractivity contribution in [2.24, 2.45) is 0 Å². The van der Waals surface area contributed by atoms with Crippen molar-refractivity contribution in [1.82, 2.24) is 10.2 Å². The van der Waals surface area contributed by atoms with Gasteiger partial charge in [0.2, 0.25) is 5.91 Å². The second-order valence-electron chi connectivity index (χ2n) is 7.68. The van der Waals surface area contributed by atoms with Gasteiger partial charge in [-0.1, -0.05) is 30.3 Å². The number of ether oxygens (including phenoxy) is 1. The van der Waals surface area contributed by atoms with Crippen LogP contribution >= 0.6 is 12.4 Å². The summed E-state index contributed by atoms with van der Waals surface area (Å²) < 4.78 is 33.8. The van der Waals surface area contributed by atoms with Gasteiger partial charge in [0.15, 0.2) is 0 Å². The summed E-state index contributed by atoms with van der Waals surface area (Å²) in [4.78, 5) is 25.6. The first kappa shape index (κ1) is 25.5. The molecule has 1 fully saturated rings. The highest BCUT2D eigenvalue weighted by molar-refractivity contribution is 5.87. The van der Waals surface area contributed by atoms with Crippen LogP contribution in [0.5, 0.6) is 5.75 Å². The summed E-state index contributed by atoms with van der Waals surface area (Å²) in [5.74, 6) is -3.73. The number of nitrogens with one attached hydrogen (secondary N) is 1. The minimum absolute atomic E-state index is 0. The molecule has 0 unspecified atom stereocenters.